The quantitative estimate of drug-likeness (QED) is 0.582. The number of benzene rings is 3. The highest BCUT2D eigenvalue weighted by Gasteiger charge is 2.27. The summed E-state index contributed by atoms with van der Waals surface area (Å²) in [7, 11) is 1.49. The maximum absolute atomic E-state index is 12.8. The first-order chi connectivity index (χ1) is 14.2. The highest BCUT2D eigenvalue weighted by atomic mass is 16.2. The highest BCUT2D eigenvalue weighted by molar-refractivity contribution is 5.96. The lowest BCUT2D eigenvalue weighted by atomic mass is 9.90. The maximum Gasteiger partial charge on any atom is 0.321 e. The van der Waals surface area contributed by atoms with E-state index in [9.17, 15) is 9.59 Å². The molecule has 0 bridgehead atoms. The molecule has 0 heterocycles. The molecule has 5 nitrogen and oxygen atoms in total. The molecule has 0 fully saturated rings. The number of quaternary nitrogens is 1. The fourth-order valence-corrected chi connectivity index (χ4v) is 3.41. The van der Waals surface area contributed by atoms with Crippen molar-refractivity contribution < 1.29 is 14.9 Å². The smallest absolute Gasteiger partial charge is 0.321 e. The van der Waals surface area contributed by atoms with E-state index in [1.165, 1.54) is 18.2 Å². The van der Waals surface area contributed by atoms with Crippen molar-refractivity contribution >= 4 is 11.9 Å². The number of carbonyl (C=O) groups is 2. The Morgan fingerprint density at radius 2 is 1.21 bits per heavy atom. The first-order valence-electron chi connectivity index (χ1n) is 9.69. The van der Waals surface area contributed by atoms with E-state index >= 15 is 0 Å². The van der Waals surface area contributed by atoms with Gasteiger partial charge in [0.15, 0.2) is 6.04 Å². The van der Waals surface area contributed by atoms with Crippen LogP contribution in [-0.4, -0.2) is 25.5 Å². The maximum atomic E-state index is 12.8. The van der Waals surface area contributed by atoms with Gasteiger partial charge >= 0.3 is 6.03 Å². The molecule has 4 N–H and O–H groups in total. The van der Waals surface area contributed by atoms with Crippen molar-refractivity contribution in [1.29, 1.82) is 0 Å². The largest absolute Gasteiger partial charge is 0.341 e. The van der Waals surface area contributed by atoms with Crippen molar-refractivity contribution in [3.8, 4) is 0 Å². The molecule has 148 valence electrons. The van der Waals surface area contributed by atoms with E-state index in [0.29, 0.717) is 6.54 Å². The average Bonchev–Trinajstić information content (AvgIpc) is 2.78. The van der Waals surface area contributed by atoms with Crippen molar-refractivity contribution in [3.05, 3.63) is 108 Å². The zero-order valence-electron chi connectivity index (χ0n) is 16.4. The highest BCUT2D eigenvalue weighted by Crippen LogP contribution is 2.23. The summed E-state index contributed by atoms with van der Waals surface area (Å²) >= 11 is 0. The van der Waals surface area contributed by atoms with E-state index in [2.05, 4.69) is 34.9 Å². The number of imide groups is 1. The lowest BCUT2D eigenvalue weighted by molar-refractivity contribution is -0.684. The molecule has 3 aromatic rings. The van der Waals surface area contributed by atoms with Gasteiger partial charge in [-0.1, -0.05) is 91.0 Å². The fourth-order valence-electron chi connectivity index (χ4n) is 3.41. The molecule has 0 aliphatic heterocycles. The van der Waals surface area contributed by atoms with Crippen LogP contribution in [0.25, 0.3) is 0 Å². The molecule has 3 amide bonds. The molecule has 0 aromatic heterocycles. The molecule has 29 heavy (non-hydrogen) atoms. The second-order valence-corrected chi connectivity index (χ2v) is 6.80. The van der Waals surface area contributed by atoms with Gasteiger partial charge < -0.3 is 10.6 Å². The van der Waals surface area contributed by atoms with Crippen LogP contribution in [0.15, 0.2) is 91.0 Å². The van der Waals surface area contributed by atoms with Crippen LogP contribution in [0.1, 0.15) is 28.7 Å². The summed E-state index contributed by atoms with van der Waals surface area (Å²) in [5, 5.41) is 6.84. The molecular formula is C24H26N3O2+. The topological polar surface area (TPSA) is 74.8 Å². The van der Waals surface area contributed by atoms with Crippen LogP contribution in [0.2, 0.25) is 0 Å². The summed E-state index contributed by atoms with van der Waals surface area (Å²) in [5.41, 5.74) is 3.23. The van der Waals surface area contributed by atoms with Crippen LogP contribution in [0.3, 0.4) is 0 Å². The van der Waals surface area contributed by atoms with Gasteiger partial charge in [-0.15, -0.1) is 0 Å². The molecule has 3 rings (SSSR count). The number of carbonyl (C=O) groups excluding carboxylic acids is 2. The molecule has 5 heteroatoms. The summed E-state index contributed by atoms with van der Waals surface area (Å²) in [5.74, 6) is -0.216. The Morgan fingerprint density at radius 3 is 1.66 bits per heavy atom. The van der Waals surface area contributed by atoms with Crippen LogP contribution < -0.4 is 16.0 Å². The molecule has 3 aromatic carbocycles. The van der Waals surface area contributed by atoms with Crippen LogP contribution >= 0.6 is 0 Å². The Kier molecular flexibility index (Phi) is 7.14. The molecule has 0 radical (unpaired) electrons. The lowest BCUT2D eigenvalue weighted by Gasteiger charge is -2.21. The van der Waals surface area contributed by atoms with Crippen molar-refractivity contribution in [2.45, 2.75) is 12.0 Å². The van der Waals surface area contributed by atoms with Gasteiger partial charge in [0.2, 0.25) is 0 Å². The zero-order chi connectivity index (χ0) is 20.5. The standard InChI is InChI=1S/C24H25N3O2/c1-25-24(29)27-23(28)22(20-15-9-4-10-16-20)26-17-21(18-11-5-2-6-12-18)19-13-7-3-8-14-19/h2-16,21-22,26H,17H2,1H3,(H2,25,27,28,29)/p+1/t22-/m1/s1. The van der Waals surface area contributed by atoms with Crippen molar-refractivity contribution in [2.24, 2.45) is 0 Å². The number of nitrogens with one attached hydrogen (secondary N) is 2. The second-order valence-electron chi connectivity index (χ2n) is 6.80. The minimum atomic E-state index is -0.525. The van der Waals surface area contributed by atoms with Gasteiger partial charge in [-0.05, 0) is 11.1 Å². The van der Waals surface area contributed by atoms with E-state index < -0.39 is 12.1 Å². The first-order valence-corrected chi connectivity index (χ1v) is 9.69. The summed E-state index contributed by atoms with van der Waals surface area (Å²) in [6.07, 6.45) is 0. The van der Waals surface area contributed by atoms with Gasteiger partial charge in [0, 0.05) is 12.6 Å². The molecular weight excluding hydrogens is 362 g/mol. The number of hydrogen-bond acceptors (Lipinski definition) is 2. The molecule has 1 atom stereocenters. The van der Waals surface area contributed by atoms with E-state index in [1.807, 2.05) is 72.0 Å². The Balaban J connectivity index is 1.85. The van der Waals surface area contributed by atoms with Gasteiger partial charge in [-0.2, -0.15) is 0 Å². The van der Waals surface area contributed by atoms with Gasteiger partial charge in [0.1, 0.15) is 0 Å². The van der Waals surface area contributed by atoms with Gasteiger partial charge in [-0.3, -0.25) is 10.1 Å². The average molecular weight is 388 g/mol. The number of hydrogen-bond donors (Lipinski definition) is 3. The minimum absolute atomic E-state index is 0.122. The Bertz CT molecular complexity index is 875. The predicted molar refractivity (Wildman–Crippen MR) is 113 cm³/mol. The van der Waals surface area contributed by atoms with Crippen molar-refractivity contribution in [2.75, 3.05) is 13.6 Å². The number of urea groups is 1. The van der Waals surface area contributed by atoms with E-state index in [0.717, 1.165) is 5.56 Å². The number of rotatable bonds is 7. The first kappa shape index (κ1) is 20.3. The Morgan fingerprint density at radius 1 is 0.759 bits per heavy atom. The van der Waals surface area contributed by atoms with Crippen molar-refractivity contribution in [1.82, 2.24) is 10.6 Å². The molecule has 0 unspecified atom stereocenters. The third-order valence-corrected chi connectivity index (χ3v) is 4.92. The summed E-state index contributed by atoms with van der Waals surface area (Å²) in [6, 6.07) is 29.0. The van der Waals surface area contributed by atoms with Crippen molar-refractivity contribution in [3.63, 3.8) is 0 Å². The summed E-state index contributed by atoms with van der Waals surface area (Å²) < 4.78 is 0. The van der Waals surface area contributed by atoms with E-state index in [1.54, 1.807) is 0 Å². The fraction of sp³-hybridized carbons (Fsp3) is 0.167. The summed E-state index contributed by atoms with van der Waals surface area (Å²) in [6.45, 7) is 0.661. The van der Waals surface area contributed by atoms with Crippen LogP contribution in [0.5, 0.6) is 0 Å². The summed E-state index contributed by atoms with van der Waals surface area (Å²) in [4.78, 5) is 24.5. The third-order valence-electron chi connectivity index (χ3n) is 4.92. The zero-order valence-corrected chi connectivity index (χ0v) is 16.4. The second kappa shape index (κ2) is 10.2. The van der Waals surface area contributed by atoms with E-state index in [-0.39, 0.29) is 11.8 Å². The Hall–Kier alpha value is -3.44. The minimum Gasteiger partial charge on any atom is -0.341 e. The molecule has 0 aliphatic carbocycles. The predicted octanol–water partition coefficient (Wildman–Crippen LogP) is 2.58. The van der Waals surface area contributed by atoms with Crippen LogP contribution in [0.4, 0.5) is 4.79 Å². The molecule has 0 saturated carbocycles. The molecule has 0 aliphatic rings. The Labute approximate surface area is 171 Å². The SMILES string of the molecule is CNC(=O)NC(=O)[C@H]([NH2+]CC(c1ccccc1)c1ccccc1)c1ccccc1. The van der Waals surface area contributed by atoms with E-state index in [4.69, 9.17) is 0 Å². The number of nitrogens with two attached hydrogens (primary N) is 1. The monoisotopic (exact) mass is 388 g/mol. The van der Waals surface area contributed by atoms with Gasteiger partial charge in [0.25, 0.3) is 5.91 Å². The van der Waals surface area contributed by atoms with Crippen LogP contribution in [-0.2, 0) is 4.79 Å². The molecule has 0 spiro atoms. The normalized spacial score (nSPS) is 11.7. The lowest BCUT2D eigenvalue weighted by Crippen LogP contribution is -2.88. The van der Waals surface area contributed by atoms with Gasteiger partial charge in [0.05, 0.1) is 12.5 Å². The number of amides is 3. The van der Waals surface area contributed by atoms with Gasteiger partial charge in [-0.25, -0.2) is 4.79 Å². The third kappa shape index (κ3) is 5.53. The van der Waals surface area contributed by atoms with Crippen LogP contribution in [0, 0.1) is 0 Å². The molecule has 0 saturated heterocycles.